The van der Waals surface area contributed by atoms with Crippen LogP contribution in [0, 0.1) is 11.7 Å². The van der Waals surface area contributed by atoms with E-state index in [2.05, 4.69) is 31.8 Å². The second kappa shape index (κ2) is 13.9. The molecule has 0 saturated heterocycles. The lowest BCUT2D eigenvalue weighted by atomic mass is 10.0. The molecule has 0 aliphatic heterocycles. The number of rotatable bonds is 11. The summed E-state index contributed by atoms with van der Waals surface area (Å²) >= 11 is 9.47. The number of benzene rings is 3. The van der Waals surface area contributed by atoms with Crippen LogP contribution < -0.4 is 20.2 Å². The van der Waals surface area contributed by atoms with Gasteiger partial charge in [-0.3, -0.25) is 9.59 Å². The Kier molecular flexibility index (Phi) is 10.7. The van der Waals surface area contributed by atoms with Crippen LogP contribution in [0.4, 0.5) is 4.39 Å². The zero-order chi connectivity index (χ0) is 27.7. The number of hydrogen-bond donors (Lipinski definition) is 2. The van der Waals surface area contributed by atoms with E-state index < -0.39 is 23.7 Å². The van der Waals surface area contributed by atoms with E-state index in [0.29, 0.717) is 39.8 Å². The van der Waals surface area contributed by atoms with Crippen molar-refractivity contribution in [2.24, 2.45) is 11.0 Å². The SMILES string of the molecule is CCOc1cc(/C=N/NC(=O)C(NC(=O)c2ccc(F)cc2)C(C)C)cc(Br)c1OCc1ccc(Cl)cc1. The zero-order valence-corrected chi connectivity index (χ0v) is 23.5. The number of halogens is 3. The average molecular weight is 605 g/mol. The summed E-state index contributed by atoms with van der Waals surface area (Å²) in [5, 5.41) is 7.38. The maximum atomic E-state index is 13.2. The maximum absolute atomic E-state index is 13.2. The number of nitrogens with one attached hydrogen (secondary N) is 2. The van der Waals surface area contributed by atoms with Gasteiger partial charge in [0, 0.05) is 10.6 Å². The highest BCUT2D eigenvalue weighted by atomic mass is 79.9. The number of ether oxygens (including phenoxy) is 2. The summed E-state index contributed by atoms with van der Waals surface area (Å²) in [6.45, 7) is 6.20. The van der Waals surface area contributed by atoms with Gasteiger partial charge in [-0.05, 0) is 88.4 Å². The van der Waals surface area contributed by atoms with Crippen LogP contribution in [0.2, 0.25) is 5.02 Å². The molecule has 2 amide bonds. The second-order valence-electron chi connectivity index (χ2n) is 8.61. The van der Waals surface area contributed by atoms with Crippen molar-refractivity contribution >= 4 is 45.6 Å². The first-order chi connectivity index (χ1) is 18.2. The predicted molar refractivity (Wildman–Crippen MR) is 149 cm³/mol. The van der Waals surface area contributed by atoms with Crippen molar-refractivity contribution in [2.75, 3.05) is 6.61 Å². The van der Waals surface area contributed by atoms with Crippen molar-refractivity contribution in [1.82, 2.24) is 10.7 Å². The standard InChI is InChI=1S/C28H28BrClFN3O4/c1-4-37-24-14-19(13-23(29)26(24)38-16-18-5-9-21(30)10-6-18)15-32-34-28(36)25(17(2)3)33-27(35)20-7-11-22(31)12-8-20/h5-15,17,25H,4,16H2,1-3H3,(H,33,35)(H,34,36)/b32-15+. The molecule has 3 rings (SSSR count). The Morgan fingerprint density at radius 3 is 2.39 bits per heavy atom. The molecule has 0 heterocycles. The predicted octanol–water partition coefficient (Wildman–Crippen LogP) is 6.12. The van der Waals surface area contributed by atoms with Crippen molar-refractivity contribution in [1.29, 1.82) is 0 Å². The van der Waals surface area contributed by atoms with E-state index in [1.807, 2.05) is 19.1 Å². The molecule has 0 bridgehead atoms. The first kappa shape index (κ1) is 29.1. The second-order valence-corrected chi connectivity index (χ2v) is 9.91. The summed E-state index contributed by atoms with van der Waals surface area (Å²) < 4.78 is 25.6. The molecule has 3 aromatic rings. The van der Waals surface area contributed by atoms with Gasteiger partial charge >= 0.3 is 0 Å². The van der Waals surface area contributed by atoms with Gasteiger partial charge < -0.3 is 14.8 Å². The average Bonchev–Trinajstić information content (AvgIpc) is 2.88. The van der Waals surface area contributed by atoms with Gasteiger partial charge in [0.15, 0.2) is 11.5 Å². The number of carbonyl (C=O) groups excluding carboxylic acids is 2. The Labute approximate surface area is 234 Å². The molecule has 0 spiro atoms. The molecular weight excluding hydrogens is 577 g/mol. The first-order valence-corrected chi connectivity index (χ1v) is 13.1. The molecule has 0 fully saturated rings. The van der Waals surface area contributed by atoms with Crippen LogP contribution in [0.5, 0.6) is 11.5 Å². The fraction of sp³-hybridized carbons (Fsp3) is 0.250. The van der Waals surface area contributed by atoms with Gasteiger partial charge in [0.2, 0.25) is 0 Å². The lowest BCUT2D eigenvalue weighted by Gasteiger charge is -2.20. The minimum absolute atomic E-state index is 0.217. The smallest absolute Gasteiger partial charge is 0.262 e. The monoisotopic (exact) mass is 603 g/mol. The van der Waals surface area contributed by atoms with Crippen molar-refractivity contribution in [3.05, 3.63) is 92.7 Å². The van der Waals surface area contributed by atoms with Crippen molar-refractivity contribution < 1.29 is 23.5 Å². The third kappa shape index (κ3) is 8.29. The fourth-order valence-corrected chi connectivity index (χ4v) is 4.10. The Morgan fingerprint density at radius 1 is 1.08 bits per heavy atom. The normalized spacial score (nSPS) is 11.9. The molecule has 7 nitrogen and oxygen atoms in total. The Hall–Kier alpha value is -3.43. The van der Waals surface area contributed by atoms with Crippen LogP contribution in [-0.2, 0) is 11.4 Å². The Morgan fingerprint density at radius 2 is 1.76 bits per heavy atom. The molecule has 3 aromatic carbocycles. The van der Waals surface area contributed by atoms with Crippen molar-refractivity contribution in [3.8, 4) is 11.5 Å². The van der Waals surface area contributed by atoms with E-state index in [0.717, 1.165) is 5.56 Å². The molecule has 0 aliphatic rings. The highest BCUT2D eigenvalue weighted by Crippen LogP contribution is 2.37. The molecule has 0 aromatic heterocycles. The van der Waals surface area contributed by atoms with E-state index in [1.54, 1.807) is 38.1 Å². The molecule has 2 N–H and O–H groups in total. The summed E-state index contributed by atoms with van der Waals surface area (Å²) in [5.74, 6) is -0.595. The minimum atomic E-state index is -0.848. The van der Waals surface area contributed by atoms with Crippen LogP contribution in [-0.4, -0.2) is 30.7 Å². The third-order valence-corrected chi connectivity index (χ3v) is 6.20. The molecule has 0 aliphatic carbocycles. The molecular formula is C28H28BrClFN3O4. The van der Waals surface area contributed by atoms with Gasteiger partial charge in [-0.2, -0.15) is 5.10 Å². The number of carbonyl (C=O) groups is 2. The summed E-state index contributed by atoms with van der Waals surface area (Å²) in [5.41, 5.74) is 4.32. The van der Waals surface area contributed by atoms with Crippen LogP contribution in [0.25, 0.3) is 0 Å². The number of amides is 2. The van der Waals surface area contributed by atoms with E-state index in [9.17, 15) is 14.0 Å². The highest BCUT2D eigenvalue weighted by Gasteiger charge is 2.24. The van der Waals surface area contributed by atoms with E-state index in [-0.39, 0.29) is 11.5 Å². The summed E-state index contributed by atoms with van der Waals surface area (Å²) in [6.07, 6.45) is 1.47. The van der Waals surface area contributed by atoms with Gasteiger partial charge in [0.05, 0.1) is 17.3 Å². The van der Waals surface area contributed by atoms with E-state index in [1.165, 1.54) is 30.5 Å². The highest BCUT2D eigenvalue weighted by molar-refractivity contribution is 9.10. The van der Waals surface area contributed by atoms with Crippen LogP contribution in [0.15, 0.2) is 70.2 Å². The van der Waals surface area contributed by atoms with Crippen molar-refractivity contribution in [2.45, 2.75) is 33.4 Å². The van der Waals surface area contributed by atoms with Crippen LogP contribution in [0.1, 0.15) is 42.3 Å². The van der Waals surface area contributed by atoms with E-state index >= 15 is 0 Å². The van der Waals surface area contributed by atoms with Gasteiger partial charge in [-0.15, -0.1) is 0 Å². The minimum Gasteiger partial charge on any atom is -0.490 e. The molecule has 200 valence electrons. The largest absolute Gasteiger partial charge is 0.490 e. The van der Waals surface area contributed by atoms with Gasteiger partial charge in [-0.1, -0.05) is 37.6 Å². The van der Waals surface area contributed by atoms with Crippen molar-refractivity contribution in [3.63, 3.8) is 0 Å². The third-order valence-electron chi connectivity index (χ3n) is 5.36. The quantitative estimate of drug-likeness (QED) is 0.204. The molecule has 0 saturated carbocycles. The van der Waals surface area contributed by atoms with Crippen LogP contribution in [0.3, 0.4) is 0 Å². The summed E-state index contributed by atoms with van der Waals surface area (Å²) in [6, 6.07) is 15.1. The van der Waals surface area contributed by atoms with Crippen LogP contribution >= 0.6 is 27.5 Å². The fourth-order valence-electron chi connectivity index (χ4n) is 3.40. The maximum Gasteiger partial charge on any atom is 0.262 e. The molecule has 1 unspecified atom stereocenters. The molecule has 0 radical (unpaired) electrons. The molecule has 10 heteroatoms. The molecule has 1 atom stereocenters. The topological polar surface area (TPSA) is 89.0 Å². The lowest BCUT2D eigenvalue weighted by Crippen LogP contribution is -2.48. The first-order valence-electron chi connectivity index (χ1n) is 11.9. The molecule has 38 heavy (non-hydrogen) atoms. The van der Waals surface area contributed by atoms with Gasteiger partial charge in [0.1, 0.15) is 18.5 Å². The number of hydrazone groups is 1. The Bertz CT molecular complexity index is 1280. The van der Waals surface area contributed by atoms with Gasteiger partial charge in [0.25, 0.3) is 11.8 Å². The lowest BCUT2D eigenvalue weighted by molar-refractivity contribution is -0.123. The summed E-state index contributed by atoms with van der Waals surface area (Å²) in [4.78, 5) is 25.3. The Balaban J connectivity index is 1.67. The van der Waals surface area contributed by atoms with E-state index in [4.69, 9.17) is 21.1 Å². The number of hydrogen-bond acceptors (Lipinski definition) is 5. The van der Waals surface area contributed by atoms with Gasteiger partial charge in [-0.25, -0.2) is 9.82 Å². The zero-order valence-electron chi connectivity index (χ0n) is 21.1. The summed E-state index contributed by atoms with van der Waals surface area (Å²) in [7, 11) is 0. The number of nitrogens with zero attached hydrogens (tertiary/aromatic N) is 1.